The van der Waals surface area contributed by atoms with E-state index in [0.717, 1.165) is 20.9 Å². The van der Waals surface area contributed by atoms with Gasteiger partial charge in [0.15, 0.2) is 5.76 Å². The second-order valence-electron chi connectivity index (χ2n) is 9.65. The number of amides is 1. The first-order valence-electron chi connectivity index (χ1n) is 12.0. The van der Waals surface area contributed by atoms with Crippen LogP contribution >= 0.6 is 22.7 Å². The standard InChI is InChI=1S/C29H27NO5S2/c1-16-12-14-36-25(16)22-21(24(31)20-11-10-18(3)35-20)23(26-17(2)13-15-37-26)30(29(22,4)28(33)34)27(32)19-8-6-5-7-9-19/h5-15,21-23H,1-4H3,(H,33,34). The van der Waals surface area contributed by atoms with Crippen LogP contribution in [0.2, 0.25) is 0 Å². The van der Waals surface area contributed by atoms with Gasteiger partial charge in [0.25, 0.3) is 5.91 Å². The third-order valence-electron chi connectivity index (χ3n) is 7.40. The first-order valence-corrected chi connectivity index (χ1v) is 13.7. The maximum absolute atomic E-state index is 14.3. The molecule has 3 aromatic heterocycles. The summed E-state index contributed by atoms with van der Waals surface area (Å²) in [6.45, 7) is 7.19. The number of nitrogens with zero attached hydrogens (tertiary/aromatic N) is 1. The summed E-state index contributed by atoms with van der Waals surface area (Å²) in [7, 11) is 0. The van der Waals surface area contributed by atoms with Crippen LogP contribution in [0, 0.1) is 26.7 Å². The minimum Gasteiger partial charge on any atom is -0.479 e. The monoisotopic (exact) mass is 533 g/mol. The third-order valence-corrected chi connectivity index (χ3v) is 9.59. The van der Waals surface area contributed by atoms with Crippen molar-refractivity contribution >= 4 is 40.3 Å². The lowest BCUT2D eigenvalue weighted by Gasteiger charge is -2.37. The minimum absolute atomic E-state index is 0.169. The SMILES string of the molecule is Cc1ccc(C(=O)C2C(c3sccc3C)N(C(=O)c3ccccc3)C(C)(C(=O)O)C2c2sccc2C)o1. The Balaban J connectivity index is 1.83. The Labute approximate surface area is 223 Å². The third kappa shape index (κ3) is 3.95. The van der Waals surface area contributed by atoms with Crippen LogP contribution in [-0.4, -0.2) is 33.2 Å². The minimum atomic E-state index is -1.70. The van der Waals surface area contributed by atoms with Crippen molar-refractivity contribution < 1.29 is 23.9 Å². The van der Waals surface area contributed by atoms with Gasteiger partial charge in [-0.3, -0.25) is 9.59 Å². The molecule has 8 heteroatoms. The number of rotatable bonds is 6. The quantitative estimate of drug-likeness (QED) is 0.280. The van der Waals surface area contributed by atoms with Crippen LogP contribution in [0.15, 0.2) is 69.8 Å². The van der Waals surface area contributed by atoms with Crippen molar-refractivity contribution in [3.8, 4) is 0 Å². The lowest BCUT2D eigenvalue weighted by Crippen LogP contribution is -2.54. The number of carboxylic acids is 1. The molecule has 0 radical (unpaired) electrons. The van der Waals surface area contributed by atoms with Crippen molar-refractivity contribution in [2.45, 2.75) is 45.2 Å². The van der Waals surface area contributed by atoms with Crippen molar-refractivity contribution in [2.24, 2.45) is 5.92 Å². The van der Waals surface area contributed by atoms with E-state index in [4.69, 9.17) is 4.42 Å². The van der Waals surface area contributed by atoms with Gasteiger partial charge in [-0.15, -0.1) is 22.7 Å². The van der Waals surface area contributed by atoms with Gasteiger partial charge >= 0.3 is 5.97 Å². The zero-order valence-corrected chi connectivity index (χ0v) is 22.6. The lowest BCUT2D eigenvalue weighted by molar-refractivity contribution is -0.148. The van der Waals surface area contributed by atoms with Crippen LogP contribution < -0.4 is 0 Å². The number of carbonyl (C=O) groups is 3. The number of thiophene rings is 2. The molecule has 1 aliphatic heterocycles. The molecule has 37 heavy (non-hydrogen) atoms. The molecule has 1 saturated heterocycles. The van der Waals surface area contributed by atoms with Crippen LogP contribution in [-0.2, 0) is 4.79 Å². The number of carbonyl (C=O) groups excluding carboxylic acids is 2. The van der Waals surface area contributed by atoms with Crippen LogP contribution in [0.1, 0.15) is 66.4 Å². The number of hydrogen-bond acceptors (Lipinski definition) is 6. The molecule has 4 atom stereocenters. The number of Topliss-reactive ketones (excluding diaryl/α,β-unsaturated/α-hetero) is 1. The molecule has 1 fully saturated rings. The van der Waals surface area contributed by atoms with E-state index in [-0.39, 0.29) is 11.5 Å². The number of furan rings is 1. The highest BCUT2D eigenvalue weighted by atomic mass is 32.1. The average Bonchev–Trinajstić information content (AvgIpc) is 3.65. The highest BCUT2D eigenvalue weighted by Gasteiger charge is 2.66. The fourth-order valence-corrected chi connectivity index (χ4v) is 7.80. The summed E-state index contributed by atoms with van der Waals surface area (Å²) in [5.74, 6) is -2.78. The van der Waals surface area contributed by atoms with Gasteiger partial charge < -0.3 is 14.4 Å². The zero-order chi connectivity index (χ0) is 26.5. The molecule has 0 bridgehead atoms. The molecule has 0 aliphatic carbocycles. The van der Waals surface area contributed by atoms with Crippen LogP contribution in [0.3, 0.4) is 0 Å². The maximum Gasteiger partial charge on any atom is 0.330 e. The van der Waals surface area contributed by atoms with E-state index in [9.17, 15) is 19.5 Å². The molecule has 6 nitrogen and oxygen atoms in total. The highest BCUT2D eigenvalue weighted by molar-refractivity contribution is 7.10. The van der Waals surface area contributed by atoms with Crippen LogP contribution in [0.5, 0.6) is 0 Å². The van der Waals surface area contributed by atoms with E-state index in [2.05, 4.69) is 0 Å². The molecule has 1 amide bonds. The zero-order valence-electron chi connectivity index (χ0n) is 20.9. The summed E-state index contributed by atoms with van der Waals surface area (Å²) in [6.07, 6.45) is 0. The Morgan fingerprint density at radius 1 is 0.892 bits per heavy atom. The summed E-state index contributed by atoms with van der Waals surface area (Å²) in [5, 5.41) is 14.7. The molecular weight excluding hydrogens is 506 g/mol. The maximum atomic E-state index is 14.3. The number of carboxylic acid groups (broad SMARTS) is 1. The average molecular weight is 534 g/mol. The Hall–Kier alpha value is -3.49. The molecule has 4 aromatic rings. The lowest BCUT2D eigenvalue weighted by atomic mass is 9.75. The molecular formula is C29H27NO5S2. The smallest absolute Gasteiger partial charge is 0.330 e. The van der Waals surface area contributed by atoms with Crippen molar-refractivity contribution in [1.29, 1.82) is 0 Å². The largest absolute Gasteiger partial charge is 0.479 e. The van der Waals surface area contributed by atoms with E-state index >= 15 is 0 Å². The number of benzene rings is 1. The summed E-state index contributed by atoms with van der Waals surface area (Å²) in [6, 6.07) is 15.1. The van der Waals surface area contributed by atoms with Crippen molar-refractivity contribution in [2.75, 3.05) is 0 Å². The van der Waals surface area contributed by atoms with Crippen LogP contribution in [0.25, 0.3) is 0 Å². The second kappa shape index (κ2) is 9.43. The molecule has 4 unspecified atom stereocenters. The molecule has 1 aliphatic rings. The predicted octanol–water partition coefficient (Wildman–Crippen LogP) is 6.65. The fraction of sp³-hybridized carbons (Fsp3) is 0.276. The highest BCUT2D eigenvalue weighted by Crippen LogP contribution is 2.59. The van der Waals surface area contributed by atoms with Gasteiger partial charge in [0.05, 0.1) is 12.0 Å². The summed E-state index contributed by atoms with van der Waals surface area (Å²) in [5.41, 5.74) is 0.473. The first kappa shape index (κ1) is 25.2. The van der Waals surface area contributed by atoms with Gasteiger partial charge in [0.2, 0.25) is 5.78 Å². The first-order chi connectivity index (χ1) is 17.7. The molecule has 5 rings (SSSR count). The predicted molar refractivity (Wildman–Crippen MR) is 144 cm³/mol. The van der Waals surface area contributed by atoms with Crippen molar-refractivity contribution in [1.82, 2.24) is 4.90 Å². The molecule has 0 saturated carbocycles. The molecule has 0 spiro atoms. The van der Waals surface area contributed by atoms with Gasteiger partial charge in [-0.05, 0) is 86.0 Å². The number of hydrogen-bond donors (Lipinski definition) is 1. The van der Waals surface area contributed by atoms with Crippen molar-refractivity contribution in [3.63, 3.8) is 0 Å². The van der Waals surface area contributed by atoms with E-state index in [1.165, 1.54) is 27.6 Å². The van der Waals surface area contributed by atoms with Gasteiger partial charge in [0.1, 0.15) is 11.3 Å². The van der Waals surface area contributed by atoms with Crippen molar-refractivity contribution in [3.05, 3.63) is 103 Å². The molecule has 190 valence electrons. The van der Waals surface area contributed by atoms with Gasteiger partial charge in [-0.25, -0.2) is 4.79 Å². The van der Waals surface area contributed by atoms with E-state index in [1.54, 1.807) is 56.3 Å². The number of aryl methyl sites for hydroxylation is 3. The number of likely N-dealkylation sites (tertiary alicyclic amines) is 1. The second-order valence-corrected chi connectivity index (χ2v) is 11.5. The van der Waals surface area contributed by atoms with Crippen LogP contribution in [0.4, 0.5) is 0 Å². The number of aliphatic carboxylic acids is 1. The Morgan fingerprint density at radius 2 is 1.51 bits per heavy atom. The Bertz CT molecular complexity index is 1480. The normalized spacial score (nSPS) is 23.4. The Kier molecular flexibility index (Phi) is 6.41. The topological polar surface area (TPSA) is 87.8 Å². The van der Waals surface area contributed by atoms with E-state index < -0.39 is 35.3 Å². The summed E-state index contributed by atoms with van der Waals surface area (Å²) in [4.78, 5) is 44.8. The molecule has 1 N–H and O–H groups in total. The molecule has 4 heterocycles. The van der Waals surface area contributed by atoms with Gasteiger partial charge in [0, 0.05) is 21.2 Å². The summed E-state index contributed by atoms with van der Waals surface area (Å²) >= 11 is 2.85. The molecule has 1 aromatic carbocycles. The summed E-state index contributed by atoms with van der Waals surface area (Å²) < 4.78 is 5.76. The van der Waals surface area contributed by atoms with E-state index in [0.29, 0.717) is 11.3 Å². The Morgan fingerprint density at radius 3 is 2.03 bits per heavy atom. The fourth-order valence-electron chi connectivity index (χ4n) is 5.54. The van der Waals surface area contributed by atoms with E-state index in [1.807, 2.05) is 36.7 Å². The number of ketones is 1. The van der Waals surface area contributed by atoms with Gasteiger partial charge in [-0.1, -0.05) is 18.2 Å². The van der Waals surface area contributed by atoms with Gasteiger partial charge in [-0.2, -0.15) is 0 Å².